The Labute approximate surface area is 184 Å². The SMILES string of the molecule is COc1cccc(C2/C(=C(/O)c3ccc(F)c(C)c3)C(=O)C(=O)N2Cc2cccnc2)c1. The van der Waals surface area contributed by atoms with Gasteiger partial charge >= 0.3 is 0 Å². The fraction of sp³-hybridized carbons (Fsp3) is 0.160. The van der Waals surface area contributed by atoms with Crippen LogP contribution < -0.4 is 4.74 Å². The van der Waals surface area contributed by atoms with Crippen LogP contribution >= 0.6 is 0 Å². The van der Waals surface area contributed by atoms with Gasteiger partial charge in [0.25, 0.3) is 11.7 Å². The van der Waals surface area contributed by atoms with Crippen molar-refractivity contribution in [2.24, 2.45) is 0 Å². The van der Waals surface area contributed by atoms with Gasteiger partial charge in [0.05, 0.1) is 18.7 Å². The van der Waals surface area contributed by atoms with Crippen molar-refractivity contribution < 1.29 is 23.8 Å². The second-order valence-corrected chi connectivity index (χ2v) is 7.53. The summed E-state index contributed by atoms with van der Waals surface area (Å²) >= 11 is 0. The van der Waals surface area contributed by atoms with E-state index in [0.29, 0.717) is 16.9 Å². The molecular weight excluding hydrogens is 411 g/mol. The number of aliphatic hydroxyl groups excluding tert-OH is 1. The third kappa shape index (κ3) is 3.85. The molecular formula is C25H21FN2O4. The number of methoxy groups -OCH3 is 1. The van der Waals surface area contributed by atoms with Gasteiger partial charge in [-0.25, -0.2) is 4.39 Å². The molecule has 1 fully saturated rings. The Morgan fingerprint density at radius 2 is 1.97 bits per heavy atom. The van der Waals surface area contributed by atoms with Crippen molar-refractivity contribution in [2.75, 3.05) is 7.11 Å². The van der Waals surface area contributed by atoms with E-state index in [9.17, 15) is 19.1 Å². The molecule has 3 aromatic rings. The topological polar surface area (TPSA) is 79.7 Å². The van der Waals surface area contributed by atoms with Crippen molar-refractivity contribution in [3.8, 4) is 5.75 Å². The van der Waals surface area contributed by atoms with Gasteiger partial charge in [0.1, 0.15) is 17.3 Å². The number of aryl methyl sites for hydroxylation is 1. The molecule has 4 rings (SSSR count). The van der Waals surface area contributed by atoms with Gasteiger partial charge in [-0.3, -0.25) is 14.6 Å². The van der Waals surface area contributed by atoms with Crippen LogP contribution in [0.15, 0.2) is 72.6 Å². The molecule has 1 aromatic heterocycles. The van der Waals surface area contributed by atoms with Crippen LogP contribution in [0.3, 0.4) is 0 Å². The minimum Gasteiger partial charge on any atom is -0.507 e. The Kier molecular flexibility index (Phi) is 5.73. The van der Waals surface area contributed by atoms with E-state index in [1.807, 2.05) is 0 Å². The van der Waals surface area contributed by atoms with E-state index in [0.717, 1.165) is 5.56 Å². The van der Waals surface area contributed by atoms with E-state index in [4.69, 9.17) is 4.74 Å². The lowest BCUT2D eigenvalue weighted by atomic mass is 9.94. The molecule has 1 N–H and O–H groups in total. The first-order valence-corrected chi connectivity index (χ1v) is 9.98. The Hall–Kier alpha value is -4.00. The number of nitrogens with zero attached hydrogens (tertiary/aromatic N) is 2. The minimum absolute atomic E-state index is 0.0573. The Morgan fingerprint density at radius 1 is 1.16 bits per heavy atom. The van der Waals surface area contributed by atoms with E-state index in [1.54, 1.807) is 55.7 Å². The molecule has 32 heavy (non-hydrogen) atoms. The average molecular weight is 432 g/mol. The van der Waals surface area contributed by atoms with E-state index in [1.165, 1.54) is 30.2 Å². The highest BCUT2D eigenvalue weighted by molar-refractivity contribution is 6.46. The zero-order valence-corrected chi connectivity index (χ0v) is 17.6. The highest BCUT2D eigenvalue weighted by atomic mass is 19.1. The third-order valence-electron chi connectivity index (χ3n) is 5.46. The lowest BCUT2D eigenvalue weighted by Gasteiger charge is -2.25. The number of benzene rings is 2. The van der Waals surface area contributed by atoms with Gasteiger partial charge < -0.3 is 14.7 Å². The minimum atomic E-state index is -0.851. The van der Waals surface area contributed by atoms with Gasteiger partial charge in [0.2, 0.25) is 0 Å². The first-order valence-electron chi connectivity index (χ1n) is 9.98. The number of hydrogen-bond donors (Lipinski definition) is 1. The molecule has 1 unspecified atom stereocenters. The lowest BCUT2D eigenvalue weighted by molar-refractivity contribution is -0.140. The third-order valence-corrected chi connectivity index (χ3v) is 5.46. The first kappa shape index (κ1) is 21.2. The van der Waals surface area contributed by atoms with E-state index in [2.05, 4.69) is 4.98 Å². The highest BCUT2D eigenvalue weighted by Crippen LogP contribution is 2.41. The number of amides is 1. The summed E-state index contributed by atoms with van der Waals surface area (Å²) in [7, 11) is 1.52. The molecule has 1 amide bonds. The number of aliphatic hydroxyl groups is 1. The monoisotopic (exact) mass is 432 g/mol. The van der Waals surface area contributed by atoms with Gasteiger partial charge in [-0.05, 0) is 60.0 Å². The van der Waals surface area contributed by atoms with Crippen molar-refractivity contribution in [1.82, 2.24) is 9.88 Å². The number of carbonyl (C=O) groups is 2. The van der Waals surface area contributed by atoms with Gasteiger partial charge in [-0.2, -0.15) is 0 Å². The Bertz CT molecular complexity index is 1220. The van der Waals surface area contributed by atoms with Crippen molar-refractivity contribution in [2.45, 2.75) is 19.5 Å². The average Bonchev–Trinajstić information content (AvgIpc) is 3.06. The molecule has 0 saturated carbocycles. The molecule has 1 aliphatic rings. The summed E-state index contributed by atoms with van der Waals surface area (Å²) in [6, 6.07) is 13.7. The zero-order valence-electron chi connectivity index (χ0n) is 17.6. The van der Waals surface area contributed by atoms with Crippen molar-refractivity contribution >= 4 is 17.4 Å². The predicted octanol–water partition coefficient (Wildman–Crippen LogP) is 4.16. The summed E-state index contributed by atoms with van der Waals surface area (Å²) in [5.74, 6) is -1.77. The lowest BCUT2D eigenvalue weighted by Crippen LogP contribution is -2.29. The van der Waals surface area contributed by atoms with Crippen LogP contribution in [0.2, 0.25) is 0 Å². The van der Waals surface area contributed by atoms with E-state index >= 15 is 0 Å². The molecule has 7 heteroatoms. The molecule has 1 saturated heterocycles. The van der Waals surface area contributed by atoms with Crippen LogP contribution in [0.1, 0.15) is 28.3 Å². The normalized spacial score (nSPS) is 17.6. The van der Waals surface area contributed by atoms with Gasteiger partial charge in [0, 0.05) is 24.5 Å². The fourth-order valence-corrected chi connectivity index (χ4v) is 3.84. The predicted molar refractivity (Wildman–Crippen MR) is 116 cm³/mol. The van der Waals surface area contributed by atoms with Crippen LogP contribution in [0, 0.1) is 12.7 Å². The van der Waals surface area contributed by atoms with Gasteiger partial charge in [-0.1, -0.05) is 18.2 Å². The number of likely N-dealkylation sites (tertiary alicyclic amines) is 1. The summed E-state index contributed by atoms with van der Waals surface area (Å²) in [4.78, 5) is 31.6. The number of ether oxygens (including phenoxy) is 1. The Balaban J connectivity index is 1.89. The molecule has 2 heterocycles. The Morgan fingerprint density at radius 3 is 2.66 bits per heavy atom. The molecule has 162 valence electrons. The fourth-order valence-electron chi connectivity index (χ4n) is 3.84. The van der Waals surface area contributed by atoms with Gasteiger partial charge in [0.15, 0.2) is 0 Å². The molecule has 1 aliphatic heterocycles. The van der Waals surface area contributed by atoms with Gasteiger partial charge in [-0.15, -0.1) is 0 Å². The smallest absolute Gasteiger partial charge is 0.295 e. The van der Waals surface area contributed by atoms with Crippen LogP contribution in [0.5, 0.6) is 5.75 Å². The number of Topliss-reactive ketones (excluding diaryl/α,β-unsaturated/α-hetero) is 1. The van der Waals surface area contributed by atoms with Crippen molar-refractivity contribution in [3.05, 3.63) is 101 Å². The van der Waals surface area contributed by atoms with Crippen LogP contribution in [-0.2, 0) is 16.1 Å². The number of pyridine rings is 1. The van der Waals surface area contributed by atoms with E-state index in [-0.39, 0.29) is 23.4 Å². The number of carbonyl (C=O) groups excluding carboxylic acids is 2. The standard InChI is InChI=1S/C25H21FN2O4/c1-15-11-18(8-9-20(15)26)23(29)21-22(17-6-3-7-19(12-17)32-2)28(25(31)24(21)30)14-16-5-4-10-27-13-16/h3-13,22,29H,14H2,1-2H3/b23-21-. The molecule has 6 nitrogen and oxygen atoms in total. The molecule has 2 aromatic carbocycles. The summed E-state index contributed by atoms with van der Waals surface area (Å²) in [5.41, 5.74) is 1.86. The number of halogens is 1. The number of ketones is 1. The maximum atomic E-state index is 13.8. The molecule has 0 aliphatic carbocycles. The first-order chi connectivity index (χ1) is 15.4. The maximum absolute atomic E-state index is 13.8. The highest BCUT2D eigenvalue weighted by Gasteiger charge is 2.46. The number of aromatic nitrogens is 1. The molecule has 0 radical (unpaired) electrons. The maximum Gasteiger partial charge on any atom is 0.295 e. The van der Waals surface area contributed by atoms with Crippen LogP contribution in [0.4, 0.5) is 4.39 Å². The molecule has 0 spiro atoms. The summed E-state index contributed by atoms with van der Waals surface area (Å²) in [6.07, 6.45) is 3.24. The second-order valence-electron chi connectivity index (χ2n) is 7.53. The number of hydrogen-bond acceptors (Lipinski definition) is 5. The van der Waals surface area contributed by atoms with Crippen LogP contribution in [-0.4, -0.2) is 33.8 Å². The summed E-state index contributed by atoms with van der Waals surface area (Å²) in [5, 5.41) is 11.1. The summed E-state index contributed by atoms with van der Waals surface area (Å²) < 4.78 is 19.1. The summed E-state index contributed by atoms with van der Waals surface area (Å²) in [6.45, 7) is 1.69. The van der Waals surface area contributed by atoms with Crippen molar-refractivity contribution in [1.29, 1.82) is 0 Å². The molecule has 1 atom stereocenters. The number of rotatable bonds is 5. The largest absolute Gasteiger partial charge is 0.507 e. The van der Waals surface area contributed by atoms with Crippen molar-refractivity contribution in [3.63, 3.8) is 0 Å². The van der Waals surface area contributed by atoms with E-state index < -0.39 is 23.5 Å². The van der Waals surface area contributed by atoms with Crippen LogP contribution in [0.25, 0.3) is 5.76 Å². The molecule has 0 bridgehead atoms. The quantitative estimate of drug-likeness (QED) is 0.372. The second kappa shape index (κ2) is 8.63. The zero-order chi connectivity index (χ0) is 22.8.